The lowest BCUT2D eigenvalue weighted by Crippen LogP contribution is -2.18. The number of hydrogen-bond acceptors (Lipinski definition) is 3. The van der Waals surface area contributed by atoms with Gasteiger partial charge in [0.15, 0.2) is 0 Å². The fourth-order valence-corrected chi connectivity index (χ4v) is 1.39. The lowest BCUT2D eigenvalue weighted by Gasteiger charge is -2.06. The summed E-state index contributed by atoms with van der Waals surface area (Å²) in [5, 5.41) is 11.3. The van der Waals surface area contributed by atoms with Crippen molar-refractivity contribution in [3.8, 4) is 6.07 Å². The normalized spacial score (nSPS) is 18.3. The minimum absolute atomic E-state index is 0. The average Bonchev–Trinajstić information content (AvgIpc) is 2.65. The molecule has 4 nitrogen and oxygen atoms in total. The van der Waals surface area contributed by atoms with Crippen molar-refractivity contribution in [1.82, 2.24) is 5.32 Å². The molecular weight excluding hydrogens is 216 g/mol. The second-order valence-corrected chi connectivity index (χ2v) is 3.03. The van der Waals surface area contributed by atoms with E-state index in [1.807, 2.05) is 12.1 Å². The van der Waals surface area contributed by atoms with Crippen molar-refractivity contribution < 1.29 is 9.53 Å². The number of nitrogens with zero attached hydrogens (tertiary/aromatic N) is 1. The van der Waals surface area contributed by atoms with Crippen molar-refractivity contribution in [2.75, 3.05) is 6.61 Å². The van der Waals surface area contributed by atoms with Gasteiger partial charge in [0.05, 0.1) is 17.7 Å². The van der Waals surface area contributed by atoms with E-state index in [9.17, 15) is 4.79 Å². The van der Waals surface area contributed by atoms with Gasteiger partial charge in [-0.15, -0.1) is 12.4 Å². The molecule has 0 unspecified atom stereocenters. The number of carbonyl (C=O) groups is 1. The van der Waals surface area contributed by atoms with Crippen LogP contribution in [0.1, 0.15) is 17.2 Å². The number of carbonyl (C=O) groups excluding carboxylic acids is 1. The van der Waals surface area contributed by atoms with E-state index in [1.165, 1.54) is 0 Å². The van der Waals surface area contributed by atoms with Crippen molar-refractivity contribution in [2.24, 2.45) is 0 Å². The van der Waals surface area contributed by atoms with Crippen LogP contribution >= 0.6 is 12.4 Å². The summed E-state index contributed by atoms with van der Waals surface area (Å²) in [5.41, 5.74) is 1.48. The number of halogens is 1. The van der Waals surface area contributed by atoms with Crippen molar-refractivity contribution in [3.05, 3.63) is 35.4 Å². The highest BCUT2D eigenvalue weighted by Gasteiger charge is 2.23. The molecule has 1 saturated heterocycles. The van der Waals surface area contributed by atoms with Crippen molar-refractivity contribution in [1.29, 1.82) is 5.26 Å². The van der Waals surface area contributed by atoms with Crippen molar-refractivity contribution in [3.63, 3.8) is 0 Å². The number of amides is 1. The van der Waals surface area contributed by atoms with Crippen molar-refractivity contribution in [2.45, 2.75) is 6.04 Å². The molecule has 0 bridgehead atoms. The van der Waals surface area contributed by atoms with E-state index in [2.05, 4.69) is 5.32 Å². The monoisotopic (exact) mass is 224 g/mol. The standard InChI is InChI=1S/C10H8N2O2.ClH/c11-5-7-2-1-3-8(4-7)9-6-14-10(13)12-9;/h1-4,9H,6H2,(H,12,13);1H/t9-;/m1./s1. The summed E-state index contributed by atoms with van der Waals surface area (Å²) < 4.78 is 4.76. The van der Waals surface area contributed by atoms with E-state index in [-0.39, 0.29) is 18.4 Å². The Labute approximate surface area is 93.3 Å². The van der Waals surface area contributed by atoms with Gasteiger partial charge in [-0.25, -0.2) is 4.79 Å². The maximum Gasteiger partial charge on any atom is 0.407 e. The number of nitriles is 1. The van der Waals surface area contributed by atoms with Gasteiger partial charge >= 0.3 is 6.09 Å². The molecule has 15 heavy (non-hydrogen) atoms. The number of nitrogens with one attached hydrogen (secondary N) is 1. The molecule has 0 saturated carbocycles. The molecule has 1 heterocycles. The van der Waals surface area contributed by atoms with Crippen molar-refractivity contribution >= 4 is 18.5 Å². The summed E-state index contributed by atoms with van der Waals surface area (Å²) in [4.78, 5) is 10.8. The lowest BCUT2D eigenvalue weighted by molar-refractivity contribution is 0.177. The number of ether oxygens (including phenoxy) is 1. The van der Waals surface area contributed by atoms with Gasteiger partial charge in [-0.2, -0.15) is 5.26 Å². The zero-order valence-corrected chi connectivity index (χ0v) is 8.58. The molecule has 1 amide bonds. The third kappa shape index (κ3) is 2.39. The quantitative estimate of drug-likeness (QED) is 0.791. The Kier molecular flexibility index (Phi) is 3.53. The first kappa shape index (κ1) is 11.3. The largest absolute Gasteiger partial charge is 0.447 e. The van der Waals surface area contributed by atoms with Gasteiger partial charge in [0.25, 0.3) is 0 Å². The molecule has 1 fully saturated rings. The van der Waals surface area contributed by atoms with Crippen LogP contribution in [0.5, 0.6) is 0 Å². The zero-order chi connectivity index (χ0) is 9.97. The van der Waals surface area contributed by atoms with Crippen LogP contribution in [0.3, 0.4) is 0 Å². The molecule has 1 atom stereocenters. The highest BCUT2D eigenvalue weighted by atomic mass is 35.5. The predicted molar refractivity (Wildman–Crippen MR) is 55.6 cm³/mol. The van der Waals surface area contributed by atoms with Crippen LogP contribution in [0.25, 0.3) is 0 Å². The highest BCUT2D eigenvalue weighted by molar-refractivity contribution is 5.85. The first-order valence-electron chi connectivity index (χ1n) is 4.23. The SMILES string of the molecule is Cl.N#Cc1cccc([C@H]2COC(=O)N2)c1. The van der Waals surface area contributed by atoms with Gasteiger partial charge in [0.1, 0.15) is 6.61 Å². The van der Waals surface area contributed by atoms with Crippen LogP contribution in [0, 0.1) is 11.3 Å². The molecule has 0 radical (unpaired) electrons. The van der Waals surface area contributed by atoms with Gasteiger partial charge in [-0.3, -0.25) is 0 Å². The molecule has 78 valence electrons. The molecule has 2 rings (SSSR count). The second kappa shape index (κ2) is 4.67. The van der Waals surface area contributed by atoms with Crippen LogP contribution in [0.15, 0.2) is 24.3 Å². The molecule has 0 aliphatic carbocycles. The maximum absolute atomic E-state index is 10.8. The third-order valence-electron chi connectivity index (χ3n) is 2.09. The topological polar surface area (TPSA) is 62.1 Å². The van der Waals surface area contributed by atoms with E-state index >= 15 is 0 Å². The summed E-state index contributed by atoms with van der Waals surface area (Å²) in [6.07, 6.45) is -0.405. The molecular formula is C10H9ClN2O2. The zero-order valence-electron chi connectivity index (χ0n) is 7.77. The van der Waals surface area contributed by atoms with Gasteiger partial charge in [0, 0.05) is 0 Å². The number of benzene rings is 1. The summed E-state index contributed by atoms with van der Waals surface area (Å²) in [6.45, 7) is 0.327. The Balaban J connectivity index is 0.00000112. The number of rotatable bonds is 1. The summed E-state index contributed by atoms with van der Waals surface area (Å²) >= 11 is 0. The summed E-state index contributed by atoms with van der Waals surface area (Å²) in [5.74, 6) is 0. The predicted octanol–water partition coefficient (Wildman–Crippen LogP) is 1.76. The lowest BCUT2D eigenvalue weighted by atomic mass is 10.1. The molecule has 1 aliphatic rings. The smallest absolute Gasteiger partial charge is 0.407 e. The minimum Gasteiger partial charge on any atom is -0.447 e. The van der Waals surface area contributed by atoms with Crippen LogP contribution in [-0.2, 0) is 4.74 Å². The fraction of sp³-hybridized carbons (Fsp3) is 0.200. The average molecular weight is 225 g/mol. The van der Waals surface area contributed by atoms with Gasteiger partial charge in [-0.1, -0.05) is 12.1 Å². The fourth-order valence-electron chi connectivity index (χ4n) is 1.39. The van der Waals surface area contributed by atoms with Crippen LogP contribution in [0.2, 0.25) is 0 Å². The number of alkyl carbamates (subject to hydrolysis) is 1. The maximum atomic E-state index is 10.8. The van der Waals surface area contributed by atoms with Crippen LogP contribution in [-0.4, -0.2) is 12.7 Å². The number of hydrogen-bond donors (Lipinski definition) is 1. The Morgan fingerprint density at radius 2 is 2.33 bits per heavy atom. The van der Waals surface area contributed by atoms with E-state index in [1.54, 1.807) is 18.2 Å². The Bertz CT molecular complexity index is 414. The molecule has 1 aromatic carbocycles. The molecule has 5 heteroatoms. The molecule has 1 aliphatic heterocycles. The number of cyclic esters (lactones) is 1. The highest BCUT2D eigenvalue weighted by Crippen LogP contribution is 2.18. The first-order chi connectivity index (χ1) is 6.79. The van der Waals surface area contributed by atoms with Gasteiger partial charge in [-0.05, 0) is 17.7 Å². The van der Waals surface area contributed by atoms with E-state index in [0.717, 1.165) is 5.56 Å². The Morgan fingerprint density at radius 3 is 2.93 bits per heavy atom. The van der Waals surface area contributed by atoms with E-state index in [0.29, 0.717) is 12.2 Å². The second-order valence-electron chi connectivity index (χ2n) is 3.03. The van der Waals surface area contributed by atoms with E-state index in [4.69, 9.17) is 10.00 Å². The minimum atomic E-state index is -0.405. The molecule has 1 N–H and O–H groups in total. The Hall–Kier alpha value is -1.73. The molecule has 1 aromatic rings. The first-order valence-corrected chi connectivity index (χ1v) is 4.23. The Morgan fingerprint density at radius 1 is 1.53 bits per heavy atom. The van der Waals surface area contributed by atoms with Crippen LogP contribution in [0.4, 0.5) is 4.79 Å². The van der Waals surface area contributed by atoms with Gasteiger partial charge in [0.2, 0.25) is 0 Å². The molecule has 0 spiro atoms. The van der Waals surface area contributed by atoms with E-state index < -0.39 is 6.09 Å². The third-order valence-corrected chi connectivity index (χ3v) is 2.09. The summed E-state index contributed by atoms with van der Waals surface area (Å²) in [6, 6.07) is 9.04. The summed E-state index contributed by atoms with van der Waals surface area (Å²) in [7, 11) is 0. The van der Waals surface area contributed by atoms with Gasteiger partial charge < -0.3 is 10.1 Å². The van der Waals surface area contributed by atoms with Crippen LogP contribution < -0.4 is 5.32 Å². The molecule has 0 aromatic heterocycles.